The van der Waals surface area contributed by atoms with E-state index >= 15 is 0 Å². The molecule has 5 rings (SSSR count). The molecule has 0 saturated heterocycles. The summed E-state index contributed by atoms with van der Waals surface area (Å²) in [6, 6.07) is 13.1. The van der Waals surface area contributed by atoms with E-state index < -0.39 is 0 Å². The number of anilines is 1. The number of nitrogens with zero attached hydrogens (tertiary/aromatic N) is 3. The van der Waals surface area contributed by atoms with Crippen LogP contribution in [-0.2, 0) is 12.8 Å². The van der Waals surface area contributed by atoms with Gasteiger partial charge in [-0.15, -0.1) is 0 Å². The number of methoxy groups -OCH3 is 2. The van der Waals surface area contributed by atoms with Crippen molar-refractivity contribution in [2.75, 3.05) is 19.5 Å². The first-order valence-corrected chi connectivity index (χ1v) is 10.5. The Balaban J connectivity index is 1.53. The number of hydrogen-bond donors (Lipinski definition) is 1. The van der Waals surface area contributed by atoms with Crippen molar-refractivity contribution in [2.24, 2.45) is 0 Å². The Morgan fingerprint density at radius 1 is 1.10 bits per heavy atom. The van der Waals surface area contributed by atoms with Gasteiger partial charge in [-0.1, -0.05) is 23.5 Å². The van der Waals surface area contributed by atoms with E-state index in [0.717, 1.165) is 45.9 Å². The Labute approximate surface area is 177 Å². The molecule has 0 unspecified atom stereocenters. The number of thiazole rings is 1. The van der Waals surface area contributed by atoms with Gasteiger partial charge in [0.15, 0.2) is 11.5 Å². The van der Waals surface area contributed by atoms with Crippen LogP contribution < -0.4 is 14.8 Å². The van der Waals surface area contributed by atoms with E-state index in [4.69, 9.17) is 19.6 Å². The predicted octanol–water partition coefficient (Wildman–Crippen LogP) is 4.24. The van der Waals surface area contributed by atoms with Gasteiger partial charge in [-0.3, -0.25) is 4.79 Å². The Morgan fingerprint density at radius 3 is 2.73 bits per heavy atom. The first kappa shape index (κ1) is 18.6. The molecular weight excluding hydrogens is 400 g/mol. The second kappa shape index (κ2) is 7.46. The minimum Gasteiger partial charge on any atom is -0.493 e. The van der Waals surface area contributed by atoms with E-state index in [9.17, 15) is 4.79 Å². The standard InChI is InChI=1S/C22H20N4O3S/c1-28-17-11-10-13(12-18(17)29-2)21(27)24-20-14-6-5-8-15(14)25-26(20)22-23-16-7-3-4-9-19(16)30-22/h3-4,7,9-12H,5-6,8H2,1-2H3,(H,24,27). The van der Waals surface area contributed by atoms with Crippen molar-refractivity contribution >= 4 is 33.3 Å². The van der Waals surface area contributed by atoms with Crippen LogP contribution in [0.25, 0.3) is 15.3 Å². The molecule has 30 heavy (non-hydrogen) atoms. The van der Waals surface area contributed by atoms with E-state index in [1.165, 1.54) is 0 Å². The minimum atomic E-state index is -0.229. The lowest BCUT2D eigenvalue weighted by atomic mass is 10.1. The molecule has 2 heterocycles. The molecule has 0 spiro atoms. The number of fused-ring (bicyclic) bond motifs is 2. The summed E-state index contributed by atoms with van der Waals surface area (Å²) >= 11 is 1.56. The normalized spacial score (nSPS) is 12.7. The number of rotatable bonds is 5. The maximum absolute atomic E-state index is 13.1. The molecule has 4 aromatic rings. The van der Waals surface area contributed by atoms with Gasteiger partial charge >= 0.3 is 0 Å². The molecular formula is C22H20N4O3S. The first-order chi connectivity index (χ1) is 14.7. The van der Waals surface area contributed by atoms with Crippen molar-refractivity contribution in [1.29, 1.82) is 0 Å². The fraction of sp³-hybridized carbons (Fsp3) is 0.227. The number of aryl methyl sites for hydroxylation is 1. The van der Waals surface area contributed by atoms with Crippen LogP contribution in [-0.4, -0.2) is 34.9 Å². The smallest absolute Gasteiger partial charge is 0.256 e. The second-order valence-electron chi connectivity index (χ2n) is 7.03. The van der Waals surface area contributed by atoms with E-state index in [1.807, 2.05) is 24.3 Å². The van der Waals surface area contributed by atoms with Crippen LogP contribution in [0.4, 0.5) is 5.82 Å². The zero-order valence-electron chi connectivity index (χ0n) is 16.6. The highest BCUT2D eigenvalue weighted by molar-refractivity contribution is 7.20. The quantitative estimate of drug-likeness (QED) is 0.522. The highest BCUT2D eigenvalue weighted by Gasteiger charge is 2.26. The van der Waals surface area contributed by atoms with Crippen LogP contribution in [0.15, 0.2) is 42.5 Å². The van der Waals surface area contributed by atoms with E-state index in [0.29, 0.717) is 22.9 Å². The molecule has 7 nitrogen and oxygen atoms in total. The molecule has 0 radical (unpaired) electrons. The number of ether oxygens (including phenoxy) is 2. The third-order valence-electron chi connectivity index (χ3n) is 5.25. The molecule has 1 N–H and O–H groups in total. The zero-order valence-corrected chi connectivity index (χ0v) is 17.5. The Morgan fingerprint density at radius 2 is 1.93 bits per heavy atom. The molecule has 0 saturated carbocycles. The zero-order chi connectivity index (χ0) is 20.7. The molecule has 2 aromatic carbocycles. The van der Waals surface area contributed by atoms with Crippen LogP contribution in [0.1, 0.15) is 28.0 Å². The first-order valence-electron chi connectivity index (χ1n) is 9.68. The molecule has 2 aromatic heterocycles. The number of hydrogen-bond acceptors (Lipinski definition) is 6. The van der Waals surface area contributed by atoms with Gasteiger partial charge in [0.25, 0.3) is 5.91 Å². The lowest BCUT2D eigenvalue weighted by Crippen LogP contribution is -2.16. The predicted molar refractivity (Wildman–Crippen MR) is 116 cm³/mol. The molecule has 152 valence electrons. The number of nitrogens with one attached hydrogen (secondary N) is 1. The lowest BCUT2D eigenvalue weighted by molar-refractivity contribution is 0.102. The summed E-state index contributed by atoms with van der Waals surface area (Å²) in [5, 5.41) is 8.58. The molecule has 8 heteroatoms. The average molecular weight is 420 g/mol. The van der Waals surface area contributed by atoms with E-state index in [1.54, 1.807) is 48.4 Å². The number of aromatic nitrogens is 3. The highest BCUT2D eigenvalue weighted by atomic mass is 32.1. The van der Waals surface area contributed by atoms with Gasteiger partial charge < -0.3 is 14.8 Å². The van der Waals surface area contributed by atoms with Gasteiger partial charge in [0.1, 0.15) is 5.82 Å². The number of carbonyl (C=O) groups excluding carboxylic acids is 1. The fourth-order valence-electron chi connectivity index (χ4n) is 3.77. The maximum Gasteiger partial charge on any atom is 0.256 e. The second-order valence-corrected chi connectivity index (χ2v) is 8.04. The molecule has 0 atom stereocenters. The van der Waals surface area contributed by atoms with Gasteiger partial charge in [-0.25, -0.2) is 4.98 Å². The van der Waals surface area contributed by atoms with Gasteiger partial charge in [0, 0.05) is 11.1 Å². The Bertz CT molecular complexity index is 1230. The Kier molecular flexibility index (Phi) is 4.63. The number of carbonyl (C=O) groups is 1. The SMILES string of the molecule is COc1ccc(C(=O)Nc2c3c(nn2-c2nc4ccccc4s2)CCC3)cc1OC. The van der Waals surface area contributed by atoms with Gasteiger partial charge in [-0.2, -0.15) is 9.78 Å². The van der Waals surface area contributed by atoms with Crippen molar-refractivity contribution in [1.82, 2.24) is 14.8 Å². The maximum atomic E-state index is 13.1. The number of para-hydroxylation sites is 1. The summed E-state index contributed by atoms with van der Waals surface area (Å²) < 4.78 is 13.5. The molecule has 1 amide bonds. The third kappa shape index (κ3) is 3.09. The lowest BCUT2D eigenvalue weighted by Gasteiger charge is -2.11. The van der Waals surface area contributed by atoms with Crippen LogP contribution in [0, 0.1) is 0 Å². The van der Waals surface area contributed by atoms with E-state index in [-0.39, 0.29) is 5.91 Å². The van der Waals surface area contributed by atoms with Crippen molar-refractivity contribution in [2.45, 2.75) is 19.3 Å². The summed E-state index contributed by atoms with van der Waals surface area (Å²) in [5.74, 6) is 1.55. The van der Waals surface area contributed by atoms with Gasteiger partial charge in [0.2, 0.25) is 5.13 Å². The average Bonchev–Trinajstić information content (AvgIpc) is 3.48. The van der Waals surface area contributed by atoms with Crippen molar-refractivity contribution in [3.63, 3.8) is 0 Å². The Hall–Kier alpha value is -3.39. The summed E-state index contributed by atoms with van der Waals surface area (Å²) in [6.07, 6.45) is 2.84. The molecule has 1 aliphatic carbocycles. The van der Waals surface area contributed by atoms with E-state index in [2.05, 4.69) is 5.32 Å². The van der Waals surface area contributed by atoms with Crippen LogP contribution in [0.5, 0.6) is 11.5 Å². The molecule has 0 bridgehead atoms. The topological polar surface area (TPSA) is 78.3 Å². The van der Waals surface area contributed by atoms with Crippen molar-refractivity contribution in [3.05, 3.63) is 59.3 Å². The largest absolute Gasteiger partial charge is 0.493 e. The molecule has 0 aliphatic heterocycles. The van der Waals surface area contributed by atoms with Crippen LogP contribution >= 0.6 is 11.3 Å². The number of amides is 1. The third-order valence-corrected chi connectivity index (χ3v) is 6.26. The van der Waals surface area contributed by atoms with Gasteiger partial charge in [0.05, 0.1) is 30.1 Å². The highest BCUT2D eigenvalue weighted by Crippen LogP contribution is 2.34. The fourth-order valence-corrected chi connectivity index (χ4v) is 4.69. The van der Waals surface area contributed by atoms with Crippen LogP contribution in [0.2, 0.25) is 0 Å². The van der Waals surface area contributed by atoms with Gasteiger partial charge in [-0.05, 0) is 49.6 Å². The monoisotopic (exact) mass is 420 g/mol. The summed E-state index contributed by atoms with van der Waals surface area (Å²) in [7, 11) is 3.12. The van der Waals surface area contributed by atoms with Crippen molar-refractivity contribution < 1.29 is 14.3 Å². The summed E-state index contributed by atoms with van der Waals surface area (Å²) in [5.41, 5.74) is 3.52. The van der Waals surface area contributed by atoms with Crippen LogP contribution in [0.3, 0.4) is 0 Å². The number of benzene rings is 2. The summed E-state index contributed by atoms with van der Waals surface area (Å²) in [6.45, 7) is 0. The molecule has 1 aliphatic rings. The summed E-state index contributed by atoms with van der Waals surface area (Å²) in [4.78, 5) is 17.8. The minimum absolute atomic E-state index is 0.229. The van der Waals surface area contributed by atoms with Crippen molar-refractivity contribution in [3.8, 4) is 16.6 Å². The molecule has 0 fully saturated rings.